The average Bonchev–Trinajstić information content (AvgIpc) is 3.36. The molecule has 6 nitrogen and oxygen atoms in total. The van der Waals surface area contributed by atoms with Gasteiger partial charge in [0.1, 0.15) is 5.76 Å². The summed E-state index contributed by atoms with van der Waals surface area (Å²) in [7, 11) is 0. The first-order chi connectivity index (χ1) is 12.7. The second-order valence-corrected chi connectivity index (χ2v) is 7.79. The standard InChI is InChI=1S/C19H28N4O2S.HI/c1-14-15(2)26-18(23-14)8-10-21-19(22-13-17-6-4-12-25-17)20-9-7-16-5-3-11-24-16;/h3,5,11,17H,4,6-10,12-13H2,1-2H3,(H2,20,21,22);1H. The lowest BCUT2D eigenvalue weighted by molar-refractivity contribution is 0.117. The first-order valence-electron chi connectivity index (χ1n) is 9.30. The number of nitrogens with zero attached hydrogens (tertiary/aromatic N) is 2. The molecule has 0 amide bonds. The maximum atomic E-state index is 5.67. The van der Waals surface area contributed by atoms with E-state index >= 15 is 0 Å². The molecule has 0 saturated carbocycles. The van der Waals surface area contributed by atoms with E-state index in [1.807, 2.05) is 12.1 Å². The molecule has 0 aliphatic carbocycles. The number of guanidine groups is 1. The third kappa shape index (κ3) is 7.42. The van der Waals surface area contributed by atoms with E-state index < -0.39 is 0 Å². The molecule has 3 heterocycles. The van der Waals surface area contributed by atoms with Gasteiger partial charge < -0.3 is 19.8 Å². The van der Waals surface area contributed by atoms with E-state index in [1.54, 1.807) is 17.6 Å². The lowest BCUT2D eigenvalue weighted by atomic mass is 10.2. The highest BCUT2D eigenvalue weighted by Crippen LogP contribution is 2.16. The molecule has 1 aliphatic heterocycles. The van der Waals surface area contributed by atoms with Gasteiger partial charge in [0.05, 0.1) is 29.6 Å². The lowest BCUT2D eigenvalue weighted by Crippen LogP contribution is -2.40. The van der Waals surface area contributed by atoms with Gasteiger partial charge in [-0.3, -0.25) is 4.99 Å². The first kappa shape index (κ1) is 22.2. The molecule has 8 heteroatoms. The van der Waals surface area contributed by atoms with Crippen molar-refractivity contribution in [3.63, 3.8) is 0 Å². The number of halogens is 1. The van der Waals surface area contributed by atoms with Gasteiger partial charge in [-0.1, -0.05) is 0 Å². The van der Waals surface area contributed by atoms with Crippen LogP contribution in [0, 0.1) is 13.8 Å². The van der Waals surface area contributed by atoms with Gasteiger partial charge in [0, 0.05) is 37.4 Å². The molecule has 2 aromatic rings. The van der Waals surface area contributed by atoms with E-state index in [-0.39, 0.29) is 30.1 Å². The molecule has 0 radical (unpaired) electrons. The molecule has 2 N–H and O–H groups in total. The molecule has 0 spiro atoms. The van der Waals surface area contributed by atoms with Crippen LogP contribution in [0.1, 0.15) is 34.2 Å². The summed E-state index contributed by atoms with van der Waals surface area (Å²) in [6.07, 6.45) is 5.93. The minimum Gasteiger partial charge on any atom is -0.469 e. The summed E-state index contributed by atoms with van der Waals surface area (Å²) in [5, 5.41) is 7.98. The van der Waals surface area contributed by atoms with E-state index in [4.69, 9.17) is 14.1 Å². The highest BCUT2D eigenvalue weighted by Gasteiger charge is 2.15. The molecule has 27 heavy (non-hydrogen) atoms. The van der Waals surface area contributed by atoms with Crippen LogP contribution in [-0.4, -0.2) is 43.3 Å². The van der Waals surface area contributed by atoms with Gasteiger partial charge in [0.15, 0.2) is 5.96 Å². The summed E-state index contributed by atoms with van der Waals surface area (Å²) in [6, 6.07) is 3.91. The van der Waals surface area contributed by atoms with Gasteiger partial charge in [0.2, 0.25) is 0 Å². The third-order valence-electron chi connectivity index (χ3n) is 4.43. The van der Waals surface area contributed by atoms with Crippen molar-refractivity contribution < 1.29 is 9.15 Å². The van der Waals surface area contributed by atoms with Gasteiger partial charge in [-0.25, -0.2) is 4.98 Å². The van der Waals surface area contributed by atoms with E-state index in [0.717, 1.165) is 62.8 Å². The minimum absolute atomic E-state index is 0. The molecule has 1 saturated heterocycles. The number of aryl methyl sites for hydroxylation is 2. The topological polar surface area (TPSA) is 71.7 Å². The molecule has 3 rings (SSSR count). The number of hydrogen-bond donors (Lipinski definition) is 2. The van der Waals surface area contributed by atoms with Crippen LogP contribution in [0.3, 0.4) is 0 Å². The number of ether oxygens (including phenoxy) is 1. The Labute approximate surface area is 182 Å². The molecule has 0 bridgehead atoms. The van der Waals surface area contributed by atoms with Crippen molar-refractivity contribution in [1.29, 1.82) is 0 Å². The number of nitrogens with one attached hydrogen (secondary N) is 2. The smallest absolute Gasteiger partial charge is 0.191 e. The van der Waals surface area contributed by atoms with E-state index in [1.165, 1.54) is 9.88 Å². The second kappa shape index (κ2) is 11.7. The van der Waals surface area contributed by atoms with Crippen molar-refractivity contribution in [2.45, 2.75) is 45.6 Å². The Morgan fingerprint density at radius 1 is 1.30 bits per heavy atom. The quantitative estimate of drug-likeness (QED) is 0.327. The Morgan fingerprint density at radius 3 is 2.74 bits per heavy atom. The Balaban J connectivity index is 0.00000261. The Morgan fingerprint density at radius 2 is 2.11 bits per heavy atom. The van der Waals surface area contributed by atoms with Gasteiger partial charge >= 0.3 is 0 Å². The molecular weight excluding hydrogens is 475 g/mol. The lowest BCUT2D eigenvalue weighted by Gasteiger charge is -2.13. The fraction of sp³-hybridized carbons (Fsp3) is 0.579. The zero-order valence-corrected chi connectivity index (χ0v) is 19.1. The van der Waals surface area contributed by atoms with Crippen LogP contribution in [0.4, 0.5) is 0 Å². The summed E-state index contributed by atoms with van der Waals surface area (Å²) in [6.45, 7) is 7.33. The molecule has 2 aromatic heterocycles. The SMILES string of the molecule is Cc1nc(CCNC(=NCC2CCCO2)NCCc2ccco2)sc1C.I. The molecule has 150 valence electrons. The Bertz CT molecular complexity index is 677. The third-order valence-corrected chi connectivity index (χ3v) is 5.56. The predicted octanol–water partition coefficient (Wildman–Crippen LogP) is 3.47. The number of aromatic nitrogens is 1. The number of thiazole rings is 1. The summed E-state index contributed by atoms with van der Waals surface area (Å²) < 4.78 is 11.1. The summed E-state index contributed by atoms with van der Waals surface area (Å²) in [5.74, 6) is 1.81. The van der Waals surface area contributed by atoms with Crippen molar-refractivity contribution in [3.8, 4) is 0 Å². The fourth-order valence-corrected chi connectivity index (χ4v) is 3.78. The van der Waals surface area contributed by atoms with Crippen LogP contribution < -0.4 is 10.6 Å². The van der Waals surface area contributed by atoms with Crippen molar-refractivity contribution in [3.05, 3.63) is 39.7 Å². The number of aliphatic imine (C=N–C) groups is 1. The highest BCUT2D eigenvalue weighted by atomic mass is 127. The zero-order valence-electron chi connectivity index (χ0n) is 16.0. The normalized spacial score (nSPS) is 17.0. The van der Waals surface area contributed by atoms with Crippen molar-refractivity contribution >= 4 is 41.3 Å². The molecule has 1 fully saturated rings. The van der Waals surface area contributed by atoms with Crippen molar-refractivity contribution in [2.24, 2.45) is 4.99 Å². The Hall–Kier alpha value is -1.13. The number of furan rings is 1. The summed E-state index contributed by atoms with van der Waals surface area (Å²) in [4.78, 5) is 10.6. The fourth-order valence-electron chi connectivity index (χ4n) is 2.85. The zero-order chi connectivity index (χ0) is 18.2. The van der Waals surface area contributed by atoms with Crippen LogP contribution in [0.25, 0.3) is 0 Å². The Kier molecular flexibility index (Phi) is 9.57. The molecule has 1 aliphatic rings. The van der Waals surface area contributed by atoms with Gasteiger partial charge in [-0.15, -0.1) is 35.3 Å². The molecule has 1 unspecified atom stereocenters. The van der Waals surface area contributed by atoms with Gasteiger partial charge in [-0.2, -0.15) is 0 Å². The second-order valence-electron chi connectivity index (χ2n) is 6.51. The largest absolute Gasteiger partial charge is 0.469 e. The van der Waals surface area contributed by atoms with Crippen LogP contribution in [0.5, 0.6) is 0 Å². The van der Waals surface area contributed by atoms with Crippen molar-refractivity contribution in [2.75, 3.05) is 26.2 Å². The summed E-state index contributed by atoms with van der Waals surface area (Å²) >= 11 is 1.77. The number of hydrogen-bond acceptors (Lipinski definition) is 5. The monoisotopic (exact) mass is 504 g/mol. The van der Waals surface area contributed by atoms with Gasteiger partial charge in [0.25, 0.3) is 0 Å². The molecular formula is C19H29IN4O2S. The minimum atomic E-state index is 0. The maximum Gasteiger partial charge on any atom is 0.191 e. The molecule has 1 atom stereocenters. The van der Waals surface area contributed by atoms with Crippen molar-refractivity contribution in [1.82, 2.24) is 15.6 Å². The van der Waals surface area contributed by atoms with E-state index in [2.05, 4.69) is 29.5 Å². The maximum absolute atomic E-state index is 5.67. The molecule has 0 aromatic carbocycles. The van der Waals surface area contributed by atoms with Crippen LogP contribution >= 0.6 is 35.3 Å². The van der Waals surface area contributed by atoms with E-state index in [9.17, 15) is 0 Å². The average molecular weight is 504 g/mol. The van der Waals surface area contributed by atoms with Gasteiger partial charge in [-0.05, 0) is 38.8 Å². The number of rotatable bonds is 8. The van der Waals surface area contributed by atoms with Crippen LogP contribution in [-0.2, 0) is 17.6 Å². The van der Waals surface area contributed by atoms with Crippen LogP contribution in [0.2, 0.25) is 0 Å². The summed E-state index contributed by atoms with van der Waals surface area (Å²) in [5.41, 5.74) is 1.13. The first-order valence-corrected chi connectivity index (χ1v) is 10.1. The van der Waals surface area contributed by atoms with Crippen LogP contribution in [0.15, 0.2) is 27.8 Å². The predicted molar refractivity (Wildman–Crippen MR) is 120 cm³/mol. The highest BCUT2D eigenvalue weighted by molar-refractivity contribution is 14.0. The van der Waals surface area contributed by atoms with E-state index in [0.29, 0.717) is 6.54 Å².